The van der Waals surface area contributed by atoms with E-state index in [1.807, 2.05) is 37.4 Å². The molecule has 0 fully saturated rings. The highest BCUT2D eigenvalue weighted by Gasteiger charge is 2.21. The lowest BCUT2D eigenvalue weighted by atomic mass is 10.1. The Hall–Kier alpha value is -2.60. The summed E-state index contributed by atoms with van der Waals surface area (Å²) < 4.78 is 3.85. The van der Waals surface area contributed by atoms with Crippen LogP contribution in [-0.2, 0) is 20.0 Å². The number of anilines is 1. The van der Waals surface area contributed by atoms with E-state index in [1.54, 1.807) is 11.7 Å². The summed E-state index contributed by atoms with van der Waals surface area (Å²) in [6.45, 7) is 2.79. The second-order valence-corrected chi connectivity index (χ2v) is 6.93. The molecule has 7 heteroatoms. The Morgan fingerprint density at radius 1 is 1.27 bits per heavy atom. The first-order valence-electron chi connectivity index (χ1n) is 8.70. The fourth-order valence-corrected chi connectivity index (χ4v) is 3.59. The molecule has 0 unspecified atom stereocenters. The molecule has 6 nitrogen and oxygen atoms in total. The summed E-state index contributed by atoms with van der Waals surface area (Å²) in [7, 11) is 1.77. The van der Waals surface area contributed by atoms with Crippen LogP contribution in [0.25, 0.3) is 11.4 Å². The van der Waals surface area contributed by atoms with Crippen molar-refractivity contribution in [1.29, 1.82) is 0 Å². The minimum absolute atomic E-state index is 0.228. The van der Waals surface area contributed by atoms with Crippen LogP contribution < -0.4 is 5.32 Å². The highest BCUT2D eigenvalue weighted by Crippen LogP contribution is 2.31. The second-order valence-electron chi connectivity index (χ2n) is 6.55. The van der Waals surface area contributed by atoms with Crippen molar-refractivity contribution in [3.8, 4) is 11.4 Å². The summed E-state index contributed by atoms with van der Waals surface area (Å²) in [4.78, 5) is 17.3. The Labute approximate surface area is 156 Å². The summed E-state index contributed by atoms with van der Waals surface area (Å²) >= 11 is 6.25. The molecule has 2 aromatic heterocycles. The van der Waals surface area contributed by atoms with E-state index < -0.39 is 0 Å². The Morgan fingerprint density at radius 3 is 2.85 bits per heavy atom. The maximum atomic E-state index is 12.7. The van der Waals surface area contributed by atoms with E-state index >= 15 is 0 Å². The van der Waals surface area contributed by atoms with Gasteiger partial charge in [-0.2, -0.15) is 5.10 Å². The molecule has 134 valence electrons. The third kappa shape index (κ3) is 2.80. The number of aromatic nitrogens is 4. The summed E-state index contributed by atoms with van der Waals surface area (Å²) in [6, 6.07) is 7.70. The van der Waals surface area contributed by atoms with E-state index in [-0.39, 0.29) is 11.6 Å². The van der Waals surface area contributed by atoms with E-state index in [4.69, 9.17) is 11.6 Å². The van der Waals surface area contributed by atoms with Crippen molar-refractivity contribution in [3.63, 3.8) is 0 Å². The van der Waals surface area contributed by atoms with Crippen molar-refractivity contribution in [2.45, 2.75) is 32.7 Å². The zero-order chi connectivity index (χ0) is 18.3. The summed E-state index contributed by atoms with van der Waals surface area (Å²) in [5.41, 5.74) is 3.84. The Morgan fingerprint density at radius 2 is 2.08 bits per heavy atom. The van der Waals surface area contributed by atoms with Crippen molar-refractivity contribution < 1.29 is 4.79 Å². The highest BCUT2D eigenvalue weighted by atomic mass is 35.5. The number of amides is 1. The van der Waals surface area contributed by atoms with Crippen LogP contribution in [0.4, 0.5) is 5.69 Å². The number of rotatable bonds is 3. The van der Waals surface area contributed by atoms with E-state index in [0.717, 1.165) is 36.5 Å². The van der Waals surface area contributed by atoms with Crippen molar-refractivity contribution >= 4 is 23.2 Å². The largest absolute Gasteiger partial charge is 0.328 e. The quantitative estimate of drug-likeness (QED) is 0.763. The average molecular weight is 370 g/mol. The van der Waals surface area contributed by atoms with Gasteiger partial charge in [0.1, 0.15) is 5.82 Å². The van der Waals surface area contributed by atoms with E-state index in [9.17, 15) is 4.79 Å². The van der Waals surface area contributed by atoms with Crippen LogP contribution in [0.1, 0.15) is 34.7 Å². The molecule has 1 aliphatic heterocycles. The molecule has 0 saturated heterocycles. The maximum absolute atomic E-state index is 12.7. The third-order valence-corrected chi connectivity index (χ3v) is 5.35. The molecule has 1 N–H and O–H groups in total. The van der Waals surface area contributed by atoms with E-state index in [1.165, 1.54) is 12.1 Å². The monoisotopic (exact) mass is 369 g/mol. The van der Waals surface area contributed by atoms with Crippen molar-refractivity contribution in [3.05, 3.63) is 52.6 Å². The zero-order valence-corrected chi connectivity index (χ0v) is 15.5. The molecule has 0 aliphatic carbocycles. The number of benzene rings is 1. The molecule has 0 bridgehead atoms. The Bertz CT molecular complexity index is 988. The number of imidazole rings is 1. The van der Waals surface area contributed by atoms with Crippen LogP contribution in [0.2, 0.25) is 5.02 Å². The topological polar surface area (TPSA) is 64.7 Å². The SMILES string of the molecule is Cc1c(Cl)c(C(=O)Nc2ccccc2-c2ncc3n2CCCC3)nn1C. The Kier molecular flexibility index (Phi) is 4.28. The number of para-hydroxylation sites is 1. The maximum Gasteiger partial charge on any atom is 0.277 e. The minimum atomic E-state index is -0.323. The molecular formula is C19H20ClN5O. The van der Waals surface area contributed by atoms with Crippen LogP contribution >= 0.6 is 11.6 Å². The molecule has 4 rings (SSSR count). The van der Waals surface area contributed by atoms with Gasteiger partial charge in [-0.25, -0.2) is 4.98 Å². The first kappa shape index (κ1) is 16.8. The number of nitrogens with one attached hydrogen (secondary N) is 1. The fourth-order valence-electron chi connectivity index (χ4n) is 3.35. The van der Waals surface area contributed by atoms with Crippen molar-refractivity contribution in [2.75, 3.05) is 5.32 Å². The summed E-state index contributed by atoms with van der Waals surface area (Å²) in [6.07, 6.45) is 5.32. The van der Waals surface area contributed by atoms with Crippen LogP contribution in [0.5, 0.6) is 0 Å². The standard InChI is InChI=1S/C19H20ClN5O/c1-12-16(20)17(23-24(12)2)19(26)22-15-9-4-3-8-14(15)18-21-11-13-7-5-6-10-25(13)18/h3-4,8-9,11H,5-7,10H2,1-2H3,(H,22,26). The molecular weight excluding hydrogens is 350 g/mol. The van der Waals surface area contributed by atoms with Crippen molar-refractivity contribution in [1.82, 2.24) is 19.3 Å². The minimum Gasteiger partial charge on any atom is -0.328 e. The normalized spacial score (nSPS) is 13.5. The predicted octanol–water partition coefficient (Wildman–Crippen LogP) is 3.83. The van der Waals surface area contributed by atoms with Gasteiger partial charge in [0.2, 0.25) is 0 Å². The van der Waals surface area contributed by atoms with Crippen LogP contribution in [0.15, 0.2) is 30.5 Å². The molecule has 0 atom stereocenters. The van der Waals surface area contributed by atoms with Crippen LogP contribution in [0.3, 0.4) is 0 Å². The van der Waals surface area contributed by atoms with Gasteiger partial charge >= 0.3 is 0 Å². The number of carbonyl (C=O) groups excluding carboxylic acids is 1. The summed E-state index contributed by atoms with van der Waals surface area (Å²) in [5, 5.41) is 7.55. The molecule has 3 heterocycles. The smallest absolute Gasteiger partial charge is 0.277 e. The molecule has 3 aromatic rings. The molecule has 1 aromatic carbocycles. The van der Waals surface area contributed by atoms with E-state index in [2.05, 4.69) is 20.0 Å². The number of nitrogens with zero attached hydrogens (tertiary/aromatic N) is 4. The first-order valence-corrected chi connectivity index (χ1v) is 9.08. The molecule has 0 saturated carbocycles. The molecule has 1 amide bonds. The van der Waals surface area contributed by atoms with Crippen LogP contribution in [0, 0.1) is 6.92 Å². The van der Waals surface area contributed by atoms with E-state index in [0.29, 0.717) is 10.7 Å². The van der Waals surface area contributed by atoms with Crippen molar-refractivity contribution in [2.24, 2.45) is 7.05 Å². The van der Waals surface area contributed by atoms with Gasteiger partial charge < -0.3 is 9.88 Å². The number of hydrogen-bond donors (Lipinski definition) is 1. The average Bonchev–Trinajstić information content (AvgIpc) is 3.19. The lowest BCUT2D eigenvalue weighted by Crippen LogP contribution is -2.15. The van der Waals surface area contributed by atoms with Gasteiger partial charge in [-0.1, -0.05) is 23.7 Å². The van der Waals surface area contributed by atoms with Gasteiger partial charge in [0.15, 0.2) is 5.69 Å². The lowest BCUT2D eigenvalue weighted by molar-refractivity contribution is 0.102. The van der Waals surface area contributed by atoms with Gasteiger partial charge in [-0.05, 0) is 38.3 Å². The number of carbonyl (C=O) groups is 1. The highest BCUT2D eigenvalue weighted by molar-refractivity contribution is 6.34. The molecule has 0 spiro atoms. The Balaban J connectivity index is 1.69. The number of hydrogen-bond acceptors (Lipinski definition) is 3. The first-order chi connectivity index (χ1) is 12.6. The fraction of sp³-hybridized carbons (Fsp3) is 0.316. The lowest BCUT2D eigenvalue weighted by Gasteiger charge is -2.18. The second kappa shape index (κ2) is 6.61. The van der Waals surface area contributed by atoms with Crippen LogP contribution in [-0.4, -0.2) is 25.2 Å². The van der Waals surface area contributed by atoms with Gasteiger partial charge in [0.25, 0.3) is 5.91 Å². The van der Waals surface area contributed by atoms with Gasteiger partial charge in [-0.15, -0.1) is 0 Å². The number of aryl methyl sites for hydroxylation is 2. The number of halogens is 1. The molecule has 1 aliphatic rings. The zero-order valence-electron chi connectivity index (χ0n) is 14.8. The van der Waals surface area contributed by atoms with Gasteiger partial charge in [-0.3, -0.25) is 9.48 Å². The molecule has 0 radical (unpaired) electrons. The number of fused-ring (bicyclic) bond motifs is 1. The van der Waals surface area contributed by atoms with Gasteiger partial charge in [0, 0.05) is 31.0 Å². The summed E-state index contributed by atoms with van der Waals surface area (Å²) in [5.74, 6) is 0.565. The molecule has 26 heavy (non-hydrogen) atoms. The van der Waals surface area contributed by atoms with Gasteiger partial charge in [0.05, 0.1) is 16.4 Å². The third-order valence-electron chi connectivity index (χ3n) is 4.90. The predicted molar refractivity (Wildman–Crippen MR) is 102 cm³/mol.